The van der Waals surface area contributed by atoms with E-state index in [9.17, 15) is 4.79 Å². The lowest BCUT2D eigenvalue weighted by molar-refractivity contribution is -0.120. The van der Waals surface area contributed by atoms with Gasteiger partial charge in [0, 0.05) is 7.05 Å². The Bertz CT molecular complexity index is 467. The van der Waals surface area contributed by atoms with Gasteiger partial charge in [-0.1, -0.05) is 13.3 Å². The Morgan fingerprint density at radius 3 is 2.63 bits per heavy atom. The van der Waals surface area contributed by atoms with Crippen molar-refractivity contribution in [1.82, 2.24) is 4.98 Å². The Balaban J connectivity index is 3.12. The largest absolute Gasteiger partial charge is 0.467 e. The van der Waals surface area contributed by atoms with Crippen molar-refractivity contribution in [3.05, 3.63) is 14.5 Å². The first-order valence-corrected chi connectivity index (χ1v) is 7.56. The molecule has 106 valence electrons. The summed E-state index contributed by atoms with van der Waals surface area (Å²) in [5.74, 6) is 0.518. The van der Waals surface area contributed by atoms with Crippen LogP contribution < -0.4 is 15.8 Å². The Morgan fingerprint density at radius 2 is 2.11 bits per heavy atom. The number of nitrogens with two attached hydrogens (primary N) is 1. The van der Waals surface area contributed by atoms with Gasteiger partial charge < -0.3 is 15.8 Å². The maximum Gasteiger partial charge on any atom is 0.255 e. The second kappa shape index (κ2) is 7.69. The highest BCUT2D eigenvalue weighted by molar-refractivity contribution is 9.11. The van der Waals surface area contributed by atoms with Gasteiger partial charge in [0.1, 0.15) is 5.82 Å². The average molecular weight is 395 g/mol. The Labute approximate surface area is 129 Å². The summed E-state index contributed by atoms with van der Waals surface area (Å²) >= 11 is 7.01. The second-order valence-corrected chi connectivity index (χ2v) is 5.57. The van der Waals surface area contributed by atoms with Gasteiger partial charge in [-0.2, -0.15) is 4.98 Å². The van der Waals surface area contributed by atoms with E-state index in [0.717, 1.165) is 33.8 Å². The molecule has 0 saturated heterocycles. The third-order valence-corrected chi connectivity index (χ3v) is 4.18. The molecule has 0 spiro atoms. The molecule has 0 aromatic carbocycles. The summed E-state index contributed by atoms with van der Waals surface area (Å²) in [5.41, 5.74) is 6.15. The number of rotatable bonds is 7. The number of ether oxygens (including phenoxy) is 1. The highest BCUT2D eigenvalue weighted by atomic mass is 79.9. The van der Waals surface area contributed by atoms with Crippen molar-refractivity contribution in [1.29, 1.82) is 0 Å². The Hall–Kier alpha value is -0.820. The fourth-order valence-electron chi connectivity index (χ4n) is 1.54. The van der Waals surface area contributed by atoms with Crippen molar-refractivity contribution in [2.24, 2.45) is 5.73 Å². The summed E-state index contributed by atoms with van der Waals surface area (Å²) in [5, 5.41) is 2.99. The van der Waals surface area contributed by atoms with E-state index in [2.05, 4.69) is 49.1 Å². The summed E-state index contributed by atoms with van der Waals surface area (Å²) in [7, 11) is 1.78. The molecule has 7 heteroatoms. The van der Waals surface area contributed by atoms with Crippen LogP contribution in [-0.4, -0.2) is 24.5 Å². The zero-order chi connectivity index (χ0) is 14.4. The third-order valence-electron chi connectivity index (χ3n) is 2.51. The van der Waals surface area contributed by atoms with Crippen LogP contribution in [0.2, 0.25) is 0 Å². The summed E-state index contributed by atoms with van der Waals surface area (Å²) < 4.78 is 6.98. The van der Waals surface area contributed by atoms with Crippen LogP contribution in [0.25, 0.3) is 0 Å². The fourth-order valence-corrected chi connectivity index (χ4v) is 3.09. The van der Waals surface area contributed by atoms with Crippen LogP contribution in [0.4, 0.5) is 5.82 Å². The number of carbonyl (C=O) groups excluding carboxylic acids is 1. The molecule has 0 aliphatic heterocycles. The minimum absolute atomic E-state index is 0.191. The predicted octanol–water partition coefficient (Wildman–Crippen LogP) is 2.86. The lowest BCUT2D eigenvalue weighted by Crippen LogP contribution is -2.21. The number of halogens is 2. The normalized spacial score (nSPS) is 10.3. The van der Waals surface area contributed by atoms with E-state index in [1.54, 1.807) is 7.05 Å². The fraction of sp³-hybridized carbons (Fsp3) is 0.500. The van der Waals surface area contributed by atoms with Gasteiger partial charge >= 0.3 is 0 Å². The zero-order valence-corrected chi connectivity index (χ0v) is 14.1. The van der Waals surface area contributed by atoms with E-state index in [1.165, 1.54) is 0 Å². The molecule has 1 rings (SSSR count). The van der Waals surface area contributed by atoms with Crippen LogP contribution in [0.3, 0.4) is 0 Å². The maximum atomic E-state index is 10.8. The first kappa shape index (κ1) is 16.2. The van der Waals surface area contributed by atoms with Gasteiger partial charge in [0.05, 0.1) is 8.95 Å². The lowest BCUT2D eigenvalue weighted by Gasteiger charge is -2.15. The number of primary amides is 1. The highest BCUT2D eigenvalue weighted by Gasteiger charge is 2.17. The number of nitrogens with one attached hydrogen (secondary N) is 1. The topological polar surface area (TPSA) is 77.2 Å². The molecule has 1 amide bonds. The molecule has 0 aliphatic rings. The standard InChI is InChI=1S/C12H17Br2N3O2/c1-3-4-5-7-9(13)11(16-2)17-12(10(7)14)19-6-8(15)18/h3-6H2,1-2H3,(H2,15,18)(H,16,17). The van der Waals surface area contributed by atoms with Gasteiger partial charge in [-0.15, -0.1) is 0 Å². The summed E-state index contributed by atoms with van der Waals surface area (Å²) in [4.78, 5) is 15.1. The molecular weight excluding hydrogens is 378 g/mol. The lowest BCUT2D eigenvalue weighted by atomic mass is 10.1. The van der Waals surface area contributed by atoms with Crippen LogP contribution in [-0.2, 0) is 11.2 Å². The van der Waals surface area contributed by atoms with Crippen LogP contribution >= 0.6 is 31.9 Å². The first-order valence-electron chi connectivity index (χ1n) is 5.97. The van der Waals surface area contributed by atoms with Gasteiger partial charge in [0.15, 0.2) is 6.61 Å². The second-order valence-electron chi connectivity index (χ2n) is 3.98. The van der Waals surface area contributed by atoms with Crippen molar-refractivity contribution in [2.75, 3.05) is 19.0 Å². The molecule has 0 atom stereocenters. The number of nitrogens with zero attached hydrogens (tertiary/aromatic N) is 1. The molecular formula is C12H17Br2N3O2. The molecule has 1 aromatic heterocycles. The van der Waals surface area contributed by atoms with Gasteiger partial charge in [0.25, 0.3) is 5.91 Å². The smallest absolute Gasteiger partial charge is 0.255 e. The Morgan fingerprint density at radius 1 is 1.42 bits per heavy atom. The summed E-state index contributed by atoms with van der Waals surface area (Å²) in [6, 6.07) is 0. The molecule has 19 heavy (non-hydrogen) atoms. The van der Waals surface area contributed by atoms with Gasteiger partial charge in [0.2, 0.25) is 5.88 Å². The Kier molecular flexibility index (Phi) is 6.57. The molecule has 0 aliphatic carbocycles. The van der Waals surface area contributed by atoms with E-state index in [0.29, 0.717) is 11.7 Å². The number of hydrogen-bond acceptors (Lipinski definition) is 4. The predicted molar refractivity (Wildman–Crippen MR) is 82.5 cm³/mol. The number of aromatic nitrogens is 1. The molecule has 0 unspecified atom stereocenters. The van der Waals surface area contributed by atoms with Gasteiger partial charge in [-0.05, 0) is 50.3 Å². The van der Waals surface area contributed by atoms with Crippen molar-refractivity contribution in [3.8, 4) is 5.88 Å². The van der Waals surface area contributed by atoms with Crippen molar-refractivity contribution in [3.63, 3.8) is 0 Å². The molecule has 5 nitrogen and oxygen atoms in total. The number of unbranched alkanes of at least 4 members (excludes halogenated alkanes) is 1. The van der Waals surface area contributed by atoms with Crippen LogP contribution in [0, 0.1) is 0 Å². The van der Waals surface area contributed by atoms with E-state index in [4.69, 9.17) is 10.5 Å². The van der Waals surface area contributed by atoms with E-state index < -0.39 is 5.91 Å². The van der Waals surface area contributed by atoms with Crippen LogP contribution in [0.15, 0.2) is 8.95 Å². The quantitative estimate of drug-likeness (QED) is 0.745. The number of anilines is 1. The molecule has 1 heterocycles. The monoisotopic (exact) mass is 393 g/mol. The summed E-state index contributed by atoms with van der Waals surface area (Å²) in [6.45, 7) is 1.94. The van der Waals surface area contributed by atoms with E-state index in [1.807, 2.05) is 0 Å². The highest BCUT2D eigenvalue weighted by Crippen LogP contribution is 2.37. The average Bonchev–Trinajstić information content (AvgIpc) is 2.37. The molecule has 0 bridgehead atoms. The molecule has 0 radical (unpaired) electrons. The molecule has 3 N–H and O–H groups in total. The number of carbonyl (C=O) groups is 1. The molecule has 1 aromatic rings. The van der Waals surface area contributed by atoms with Crippen molar-refractivity contribution in [2.45, 2.75) is 26.2 Å². The van der Waals surface area contributed by atoms with Crippen molar-refractivity contribution >= 4 is 43.6 Å². The number of amides is 1. The molecule has 0 saturated carbocycles. The van der Waals surface area contributed by atoms with Crippen LogP contribution in [0.5, 0.6) is 5.88 Å². The minimum Gasteiger partial charge on any atom is -0.467 e. The summed E-state index contributed by atoms with van der Waals surface area (Å²) in [6.07, 6.45) is 3.04. The maximum absolute atomic E-state index is 10.8. The van der Waals surface area contributed by atoms with Gasteiger partial charge in [-0.3, -0.25) is 4.79 Å². The van der Waals surface area contributed by atoms with Gasteiger partial charge in [-0.25, -0.2) is 0 Å². The first-order chi connectivity index (χ1) is 9.01. The third kappa shape index (κ3) is 4.35. The number of pyridine rings is 1. The van der Waals surface area contributed by atoms with Crippen molar-refractivity contribution < 1.29 is 9.53 Å². The van der Waals surface area contributed by atoms with E-state index in [-0.39, 0.29) is 6.61 Å². The van der Waals surface area contributed by atoms with Crippen LogP contribution in [0.1, 0.15) is 25.3 Å². The zero-order valence-electron chi connectivity index (χ0n) is 10.9. The minimum atomic E-state index is -0.530. The molecule has 0 fully saturated rings. The number of hydrogen-bond donors (Lipinski definition) is 2. The SMILES string of the molecule is CCCCc1c(Br)c(NC)nc(OCC(N)=O)c1Br. The van der Waals surface area contributed by atoms with E-state index >= 15 is 0 Å².